The summed E-state index contributed by atoms with van der Waals surface area (Å²) in [5.41, 5.74) is 0. The second-order valence-electron chi connectivity index (χ2n) is 4.91. The van der Waals surface area contributed by atoms with Gasteiger partial charge >= 0.3 is 0 Å². The predicted molar refractivity (Wildman–Crippen MR) is 65.0 cm³/mol. The van der Waals surface area contributed by atoms with E-state index in [0.717, 1.165) is 6.54 Å². The van der Waals surface area contributed by atoms with E-state index in [1.807, 2.05) is 0 Å². The Morgan fingerprint density at radius 3 is 2.47 bits per heavy atom. The van der Waals surface area contributed by atoms with Crippen molar-refractivity contribution >= 4 is 0 Å². The van der Waals surface area contributed by atoms with Crippen molar-refractivity contribution in [2.45, 2.75) is 70.9 Å². The molecule has 0 bridgehead atoms. The Hall–Kier alpha value is -0.0800. The molecule has 0 aliphatic heterocycles. The fraction of sp³-hybridized carbons (Fsp3) is 1.00. The van der Waals surface area contributed by atoms with Crippen LogP contribution in [-0.4, -0.2) is 23.8 Å². The first-order valence-corrected chi connectivity index (χ1v) is 6.69. The molecule has 1 rings (SSSR count). The van der Waals surface area contributed by atoms with Gasteiger partial charge in [-0.2, -0.15) is 0 Å². The van der Waals surface area contributed by atoms with E-state index in [-0.39, 0.29) is 6.10 Å². The van der Waals surface area contributed by atoms with E-state index >= 15 is 0 Å². The van der Waals surface area contributed by atoms with Crippen LogP contribution < -0.4 is 5.32 Å². The monoisotopic (exact) mass is 213 g/mol. The Labute approximate surface area is 94.5 Å². The third-order valence-corrected chi connectivity index (χ3v) is 3.69. The molecule has 15 heavy (non-hydrogen) atoms. The molecule has 0 heterocycles. The van der Waals surface area contributed by atoms with Crippen molar-refractivity contribution < 1.29 is 5.11 Å². The zero-order valence-electron chi connectivity index (χ0n) is 10.3. The molecule has 2 nitrogen and oxygen atoms in total. The molecule has 1 aliphatic rings. The fourth-order valence-electron chi connectivity index (χ4n) is 2.60. The van der Waals surface area contributed by atoms with Crippen LogP contribution in [0.2, 0.25) is 0 Å². The molecule has 0 radical (unpaired) electrons. The number of rotatable bonds is 7. The van der Waals surface area contributed by atoms with Gasteiger partial charge in [0.2, 0.25) is 0 Å². The molecule has 2 atom stereocenters. The van der Waals surface area contributed by atoms with Gasteiger partial charge in [0.05, 0.1) is 6.10 Å². The maximum atomic E-state index is 10.00. The van der Waals surface area contributed by atoms with Crippen molar-refractivity contribution in [3.05, 3.63) is 0 Å². The second-order valence-corrected chi connectivity index (χ2v) is 4.91. The van der Waals surface area contributed by atoms with Gasteiger partial charge in [0.15, 0.2) is 0 Å². The van der Waals surface area contributed by atoms with E-state index in [1.54, 1.807) is 0 Å². The molecule has 2 heteroatoms. The quantitative estimate of drug-likeness (QED) is 0.681. The summed E-state index contributed by atoms with van der Waals surface area (Å²) in [7, 11) is 0. The molecular formula is C13H27NO. The maximum Gasteiger partial charge on any atom is 0.0692 e. The van der Waals surface area contributed by atoms with E-state index in [0.29, 0.717) is 12.0 Å². The predicted octanol–water partition coefficient (Wildman–Crippen LogP) is 2.71. The lowest BCUT2D eigenvalue weighted by molar-refractivity contribution is 0.105. The van der Waals surface area contributed by atoms with Crippen LogP contribution in [-0.2, 0) is 0 Å². The van der Waals surface area contributed by atoms with E-state index in [2.05, 4.69) is 19.2 Å². The molecule has 90 valence electrons. The number of hydrogen-bond acceptors (Lipinski definition) is 2. The van der Waals surface area contributed by atoms with Crippen molar-refractivity contribution in [3.8, 4) is 0 Å². The van der Waals surface area contributed by atoms with E-state index in [9.17, 15) is 5.11 Å². The summed E-state index contributed by atoms with van der Waals surface area (Å²) in [5.74, 6) is 0.566. The van der Waals surface area contributed by atoms with Gasteiger partial charge in [-0.1, -0.05) is 33.1 Å². The molecule has 0 aromatic rings. The van der Waals surface area contributed by atoms with Crippen LogP contribution in [0.5, 0.6) is 0 Å². The SMILES string of the molecule is CCCC(CC)NCC(O)C1CCCC1. The van der Waals surface area contributed by atoms with Crippen molar-refractivity contribution in [2.75, 3.05) is 6.54 Å². The van der Waals surface area contributed by atoms with Crippen molar-refractivity contribution in [3.63, 3.8) is 0 Å². The first kappa shape index (κ1) is 13.0. The third-order valence-electron chi connectivity index (χ3n) is 3.69. The summed E-state index contributed by atoms with van der Waals surface area (Å²) in [4.78, 5) is 0. The Balaban J connectivity index is 2.16. The van der Waals surface area contributed by atoms with Crippen LogP contribution in [0.4, 0.5) is 0 Å². The molecule has 1 saturated carbocycles. The van der Waals surface area contributed by atoms with Crippen molar-refractivity contribution in [1.29, 1.82) is 0 Å². The Morgan fingerprint density at radius 1 is 1.27 bits per heavy atom. The highest BCUT2D eigenvalue weighted by Gasteiger charge is 2.23. The highest BCUT2D eigenvalue weighted by atomic mass is 16.3. The summed E-state index contributed by atoms with van der Waals surface area (Å²) in [6.07, 6.45) is 8.60. The van der Waals surface area contributed by atoms with Crippen LogP contribution in [0.25, 0.3) is 0 Å². The number of aliphatic hydroxyl groups excluding tert-OH is 1. The molecule has 0 amide bonds. The topological polar surface area (TPSA) is 32.3 Å². The Kier molecular flexibility index (Phi) is 6.26. The van der Waals surface area contributed by atoms with Gasteiger partial charge in [-0.05, 0) is 31.6 Å². The van der Waals surface area contributed by atoms with Gasteiger partial charge in [0.1, 0.15) is 0 Å². The zero-order valence-corrected chi connectivity index (χ0v) is 10.3. The highest BCUT2D eigenvalue weighted by molar-refractivity contribution is 4.77. The standard InChI is InChI=1S/C13H27NO/c1-3-7-12(4-2)14-10-13(15)11-8-5-6-9-11/h11-15H,3-10H2,1-2H3. The lowest BCUT2D eigenvalue weighted by Crippen LogP contribution is -2.37. The molecule has 1 fully saturated rings. The van der Waals surface area contributed by atoms with Gasteiger partial charge in [0.25, 0.3) is 0 Å². The molecule has 0 aromatic heterocycles. The minimum absolute atomic E-state index is 0.113. The van der Waals surface area contributed by atoms with Crippen LogP contribution in [0.1, 0.15) is 58.8 Å². The smallest absolute Gasteiger partial charge is 0.0692 e. The average molecular weight is 213 g/mol. The van der Waals surface area contributed by atoms with Crippen molar-refractivity contribution in [1.82, 2.24) is 5.32 Å². The molecule has 1 aliphatic carbocycles. The fourth-order valence-corrected chi connectivity index (χ4v) is 2.60. The highest BCUT2D eigenvalue weighted by Crippen LogP contribution is 2.27. The van der Waals surface area contributed by atoms with E-state index in [1.165, 1.54) is 44.9 Å². The van der Waals surface area contributed by atoms with E-state index in [4.69, 9.17) is 0 Å². The van der Waals surface area contributed by atoms with Crippen LogP contribution in [0.15, 0.2) is 0 Å². The van der Waals surface area contributed by atoms with Crippen molar-refractivity contribution in [2.24, 2.45) is 5.92 Å². The molecule has 0 saturated heterocycles. The van der Waals surface area contributed by atoms with Gasteiger partial charge in [-0.3, -0.25) is 0 Å². The summed E-state index contributed by atoms with van der Waals surface area (Å²) >= 11 is 0. The first-order valence-electron chi connectivity index (χ1n) is 6.69. The molecule has 2 unspecified atom stereocenters. The lowest BCUT2D eigenvalue weighted by Gasteiger charge is -2.22. The van der Waals surface area contributed by atoms with E-state index < -0.39 is 0 Å². The maximum absolute atomic E-state index is 10.00. The van der Waals surface area contributed by atoms with Crippen LogP contribution in [0, 0.1) is 5.92 Å². The van der Waals surface area contributed by atoms with Gasteiger partial charge in [-0.15, -0.1) is 0 Å². The summed E-state index contributed by atoms with van der Waals surface area (Å²) < 4.78 is 0. The first-order chi connectivity index (χ1) is 7.27. The molecular weight excluding hydrogens is 186 g/mol. The lowest BCUT2D eigenvalue weighted by atomic mass is 10.00. The third kappa shape index (κ3) is 4.52. The number of nitrogens with one attached hydrogen (secondary N) is 1. The average Bonchev–Trinajstić information content (AvgIpc) is 2.77. The largest absolute Gasteiger partial charge is 0.392 e. The van der Waals surface area contributed by atoms with Crippen LogP contribution in [0.3, 0.4) is 0 Å². The number of hydrogen-bond donors (Lipinski definition) is 2. The summed E-state index contributed by atoms with van der Waals surface area (Å²) in [6, 6.07) is 0.603. The minimum Gasteiger partial charge on any atom is -0.392 e. The second kappa shape index (κ2) is 7.24. The minimum atomic E-state index is -0.113. The van der Waals surface area contributed by atoms with Gasteiger partial charge < -0.3 is 10.4 Å². The summed E-state index contributed by atoms with van der Waals surface area (Å²) in [6.45, 7) is 5.23. The zero-order chi connectivity index (χ0) is 11.1. The number of aliphatic hydroxyl groups is 1. The molecule has 0 aromatic carbocycles. The summed E-state index contributed by atoms with van der Waals surface area (Å²) in [5, 5.41) is 13.5. The van der Waals surface area contributed by atoms with Gasteiger partial charge in [0, 0.05) is 12.6 Å². The molecule has 2 N–H and O–H groups in total. The van der Waals surface area contributed by atoms with Gasteiger partial charge in [-0.25, -0.2) is 0 Å². The van der Waals surface area contributed by atoms with Crippen LogP contribution >= 0.6 is 0 Å². The normalized spacial score (nSPS) is 21.8. The Morgan fingerprint density at radius 2 is 1.93 bits per heavy atom. The molecule has 0 spiro atoms. The Bertz CT molecular complexity index is 155.